The second kappa shape index (κ2) is 10.4. The monoisotopic (exact) mass is 541 g/mol. The first-order chi connectivity index (χ1) is 19.0. The molecule has 4 aromatic rings. The number of pyridine rings is 2. The first-order valence-corrected chi connectivity index (χ1v) is 13.4. The van der Waals surface area contributed by atoms with E-state index in [1.54, 1.807) is 60.8 Å². The van der Waals surface area contributed by atoms with E-state index in [4.69, 9.17) is 4.42 Å². The van der Waals surface area contributed by atoms with Crippen LogP contribution in [0, 0.1) is 19.3 Å². The predicted molar refractivity (Wildman–Crippen MR) is 155 cm³/mol. The van der Waals surface area contributed by atoms with Gasteiger partial charge in [0, 0.05) is 58.4 Å². The number of hydrogen-bond acceptors (Lipinski definition) is 6. The van der Waals surface area contributed by atoms with Crippen LogP contribution in [0.15, 0.2) is 64.1 Å². The van der Waals surface area contributed by atoms with Crippen LogP contribution in [-0.2, 0) is 29.2 Å². The molecule has 40 heavy (non-hydrogen) atoms. The smallest absolute Gasteiger partial charge is 0.261 e. The van der Waals surface area contributed by atoms with Gasteiger partial charge in [0.25, 0.3) is 5.56 Å². The average Bonchev–Trinajstić information content (AvgIpc) is 3.31. The zero-order valence-electron chi connectivity index (χ0n) is 23.9. The number of nitrogens with zero attached hydrogens (tertiary/aromatic N) is 5. The number of amides is 2. The van der Waals surface area contributed by atoms with Crippen LogP contribution in [-0.4, -0.2) is 46.9 Å². The van der Waals surface area contributed by atoms with Crippen LogP contribution in [0.2, 0.25) is 0 Å². The standard InChI is InChI=1S/C31H35N5O4/c1-20-16-24-27(40-20)11-13-36(28(24)37)15-14-35(19-23-8-7-12-32-21(23)2)18-22-9-10-25-26(17-22)34(6)30(39)31(3,4)29(38)33(25)5/h7-13,16-17H,14-15,18-19H2,1-6H3. The van der Waals surface area contributed by atoms with Gasteiger partial charge in [-0.15, -0.1) is 0 Å². The van der Waals surface area contributed by atoms with Crippen molar-refractivity contribution in [2.24, 2.45) is 5.41 Å². The molecule has 0 bridgehead atoms. The molecule has 0 N–H and O–H groups in total. The van der Waals surface area contributed by atoms with Crippen LogP contribution in [0.3, 0.4) is 0 Å². The summed E-state index contributed by atoms with van der Waals surface area (Å²) in [6, 6.07) is 13.5. The highest BCUT2D eigenvalue weighted by molar-refractivity contribution is 6.19. The molecule has 9 nitrogen and oxygen atoms in total. The SMILES string of the molecule is Cc1cc2c(=O)n(CCN(Cc3ccc4c(c3)N(C)C(=O)C(C)(C)C(=O)N4C)Cc3cccnc3C)ccc2o1. The van der Waals surface area contributed by atoms with E-state index in [1.165, 1.54) is 0 Å². The number of aromatic nitrogens is 2. The normalized spacial score (nSPS) is 15.2. The highest BCUT2D eigenvalue weighted by atomic mass is 16.3. The maximum absolute atomic E-state index is 13.2. The zero-order chi connectivity index (χ0) is 28.8. The molecule has 0 radical (unpaired) electrons. The number of furan rings is 1. The van der Waals surface area contributed by atoms with E-state index in [2.05, 4.69) is 16.0 Å². The number of hydrogen-bond donors (Lipinski definition) is 0. The van der Waals surface area contributed by atoms with Crippen molar-refractivity contribution >= 4 is 34.2 Å². The van der Waals surface area contributed by atoms with Gasteiger partial charge in [0.05, 0.1) is 16.8 Å². The van der Waals surface area contributed by atoms with Gasteiger partial charge in [-0.2, -0.15) is 0 Å². The molecule has 9 heteroatoms. The minimum absolute atomic E-state index is 0.0765. The topological polar surface area (TPSA) is 91.9 Å². The van der Waals surface area contributed by atoms with E-state index in [1.807, 2.05) is 44.2 Å². The first-order valence-electron chi connectivity index (χ1n) is 13.4. The Morgan fingerprint density at radius 1 is 0.925 bits per heavy atom. The van der Waals surface area contributed by atoms with Crippen molar-refractivity contribution < 1.29 is 14.0 Å². The molecular weight excluding hydrogens is 506 g/mol. The van der Waals surface area contributed by atoms with Gasteiger partial charge in [0.15, 0.2) is 0 Å². The van der Waals surface area contributed by atoms with Crippen molar-refractivity contribution in [1.29, 1.82) is 0 Å². The van der Waals surface area contributed by atoms with Crippen LogP contribution >= 0.6 is 0 Å². The van der Waals surface area contributed by atoms with Crippen LogP contribution in [0.5, 0.6) is 0 Å². The molecule has 5 rings (SSSR count). The Morgan fingerprint density at radius 3 is 2.38 bits per heavy atom. The van der Waals surface area contributed by atoms with E-state index in [-0.39, 0.29) is 17.4 Å². The summed E-state index contributed by atoms with van der Waals surface area (Å²) in [6.07, 6.45) is 3.56. The lowest BCUT2D eigenvalue weighted by atomic mass is 9.90. The summed E-state index contributed by atoms with van der Waals surface area (Å²) in [5.74, 6) is 0.230. The maximum atomic E-state index is 13.2. The van der Waals surface area contributed by atoms with Gasteiger partial charge in [-0.25, -0.2) is 0 Å². The molecule has 1 aliphatic rings. The van der Waals surface area contributed by atoms with E-state index in [9.17, 15) is 14.4 Å². The Balaban J connectivity index is 1.45. The van der Waals surface area contributed by atoms with Crippen LogP contribution in [0.1, 0.15) is 36.4 Å². The predicted octanol–water partition coefficient (Wildman–Crippen LogP) is 4.27. The van der Waals surface area contributed by atoms with Crippen molar-refractivity contribution in [2.75, 3.05) is 30.4 Å². The van der Waals surface area contributed by atoms with Gasteiger partial charge in [-0.1, -0.05) is 12.1 Å². The van der Waals surface area contributed by atoms with Gasteiger partial charge < -0.3 is 18.8 Å². The molecule has 1 aliphatic heterocycles. The second-order valence-electron chi connectivity index (χ2n) is 11.1. The number of carbonyl (C=O) groups excluding carboxylic acids is 2. The van der Waals surface area contributed by atoms with E-state index in [0.29, 0.717) is 54.3 Å². The van der Waals surface area contributed by atoms with Crippen LogP contribution in [0.4, 0.5) is 11.4 Å². The number of rotatable bonds is 7. The summed E-state index contributed by atoms with van der Waals surface area (Å²) in [5.41, 5.74) is 3.80. The van der Waals surface area contributed by atoms with Crippen molar-refractivity contribution in [3.05, 3.63) is 87.8 Å². The summed E-state index contributed by atoms with van der Waals surface area (Å²) in [4.78, 5) is 49.2. The lowest BCUT2D eigenvalue weighted by Crippen LogP contribution is -2.46. The third-order valence-electron chi connectivity index (χ3n) is 7.80. The Hall–Kier alpha value is -4.24. The Bertz CT molecular complexity index is 1670. The summed E-state index contributed by atoms with van der Waals surface area (Å²) >= 11 is 0. The molecule has 1 aromatic carbocycles. The Morgan fingerprint density at radius 2 is 1.65 bits per heavy atom. The van der Waals surface area contributed by atoms with Gasteiger partial charge in [-0.3, -0.25) is 24.3 Å². The largest absolute Gasteiger partial charge is 0.461 e. The van der Waals surface area contributed by atoms with Crippen LogP contribution < -0.4 is 15.4 Å². The number of anilines is 2. The summed E-state index contributed by atoms with van der Waals surface area (Å²) < 4.78 is 7.33. The van der Waals surface area contributed by atoms with Crippen molar-refractivity contribution in [3.8, 4) is 0 Å². The highest BCUT2D eigenvalue weighted by Gasteiger charge is 2.44. The average molecular weight is 542 g/mol. The summed E-state index contributed by atoms with van der Waals surface area (Å²) in [5, 5.41) is 0.578. The Kier molecular flexibility index (Phi) is 7.10. The van der Waals surface area contributed by atoms with Crippen molar-refractivity contribution in [1.82, 2.24) is 14.5 Å². The van der Waals surface area contributed by atoms with Crippen molar-refractivity contribution in [2.45, 2.75) is 47.3 Å². The van der Waals surface area contributed by atoms with Gasteiger partial charge in [0.2, 0.25) is 11.8 Å². The summed E-state index contributed by atoms with van der Waals surface area (Å²) in [7, 11) is 3.43. The molecule has 0 spiro atoms. The lowest BCUT2D eigenvalue weighted by molar-refractivity contribution is -0.137. The molecular formula is C31H35N5O4. The van der Waals surface area contributed by atoms with Gasteiger partial charge in [0.1, 0.15) is 16.8 Å². The molecule has 208 valence electrons. The zero-order valence-corrected chi connectivity index (χ0v) is 23.9. The number of aryl methyl sites for hydroxylation is 2. The van der Waals surface area contributed by atoms with E-state index < -0.39 is 5.41 Å². The lowest BCUT2D eigenvalue weighted by Gasteiger charge is -2.26. The van der Waals surface area contributed by atoms with Gasteiger partial charge >= 0.3 is 0 Å². The van der Waals surface area contributed by atoms with Crippen LogP contribution in [0.25, 0.3) is 11.0 Å². The van der Waals surface area contributed by atoms with E-state index in [0.717, 1.165) is 16.8 Å². The second-order valence-corrected chi connectivity index (χ2v) is 11.1. The Labute approximate surface area is 233 Å². The van der Waals surface area contributed by atoms with Crippen molar-refractivity contribution in [3.63, 3.8) is 0 Å². The minimum atomic E-state index is -1.16. The quantitative estimate of drug-likeness (QED) is 0.325. The fourth-order valence-corrected chi connectivity index (χ4v) is 5.39. The molecule has 0 atom stereocenters. The van der Waals surface area contributed by atoms with Gasteiger partial charge in [-0.05, 0) is 69.2 Å². The molecule has 3 aromatic heterocycles. The summed E-state index contributed by atoms with van der Waals surface area (Å²) in [6.45, 7) is 9.47. The molecule has 2 amide bonds. The number of benzene rings is 1. The minimum Gasteiger partial charge on any atom is -0.461 e. The molecule has 0 saturated heterocycles. The number of fused-ring (bicyclic) bond motifs is 2. The molecule has 0 fully saturated rings. The third-order valence-corrected chi connectivity index (χ3v) is 7.80. The first kappa shape index (κ1) is 27.3. The van der Waals surface area contributed by atoms with E-state index >= 15 is 0 Å². The fourth-order valence-electron chi connectivity index (χ4n) is 5.39. The molecule has 4 heterocycles. The highest BCUT2D eigenvalue weighted by Crippen LogP contribution is 2.38. The fraction of sp³-hybridized carbons (Fsp3) is 0.355. The third kappa shape index (κ3) is 4.93. The molecule has 0 saturated carbocycles. The maximum Gasteiger partial charge on any atom is 0.261 e. The molecule has 0 aliphatic carbocycles. The number of carbonyl (C=O) groups is 2. The molecule has 0 unspecified atom stereocenters.